The van der Waals surface area contributed by atoms with Gasteiger partial charge in [0.2, 0.25) is 0 Å². The van der Waals surface area contributed by atoms with Crippen LogP contribution in [0.2, 0.25) is 0 Å². The van der Waals surface area contributed by atoms with E-state index in [0.29, 0.717) is 11.5 Å². The average molecular weight is 348 g/mol. The Bertz CT molecular complexity index is 613. The van der Waals surface area contributed by atoms with E-state index >= 15 is 0 Å². The number of likely N-dealkylation sites (N-methyl/N-ethyl adjacent to an activating group) is 1. The molecule has 8 nitrogen and oxygen atoms in total. The number of hydrogen-bond acceptors (Lipinski definition) is 7. The zero-order chi connectivity index (χ0) is 19.2. The van der Waals surface area contributed by atoms with Crippen LogP contribution in [0, 0.1) is 6.92 Å². The summed E-state index contributed by atoms with van der Waals surface area (Å²) >= 11 is 0. The first-order chi connectivity index (χ1) is 11.8. The summed E-state index contributed by atoms with van der Waals surface area (Å²) in [4.78, 5) is 14.5. The van der Waals surface area contributed by atoms with E-state index in [2.05, 4.69) is 15.2 Å². The molecule has 0 spiro atoms. The van der Waals surface area contributed by atoms with Crippen LogP contribution >= 0.6 is 0 Å². The molecule has 0 saturated carbocycles. The van der Waals surface area contributed by atoms with Gasteiger partial charge in [0.1, 0.15) is 11.6 Å². The lowest BCUT2D eigenvalue weighted by atomic mass is 10.2. The minimum Gasteiger partial charge on any atom is -0.483 e. The summed E-state index contributed by atoms with van der Waals surface area (Å²) in [6.45, 7) is 3.53. The highest BCUT2D eigenvalue weighted by atomic mass is 16.3. The molecule has 1 aromatic carbocycles. The molecule has 0 aliphatic rings. The number of aromatic nitrogens is 1. The van der Waals surface area contributed by atoms with Crippen molar-refractivity contribution in [3.63, 3.8) is 0 Å². The molecule has 0 bridgehead atoms. The number of nitrogens with one attached hydrogen (secondary N) is 1. The molecule has 0 fully saturated rings. The van der Waals surface area contributed by atoms with Crippen molar-refractivity contribution in [2.75, 3.05) is 49.7 Å². The number of benzene rings is 1. The number of pyridine rings is 1. The maximum Gasteiger partial charge on any atom is 0.290 e. The largest absolute Gasteiger partial charge is 0.483 e. The molecular weight excluding hydrogens is 320 g/mol. The fraction of sp³-hybridized carbons (Fsp3) is 0.294. The van der Waals surface area contributed by atoms with Gasteiger partial charge in [-0.1, -0.05) is 18.2 Å². The van der Waals surface area contributed by atoms with Crippen molar-refractivity contribution < 1.29 is 9.90 Å². The van der Waals surface area contributed by atoms with Crippen LogP contribution in [0.15, 0.2) is 36.4 Å². The van der Waals surface area contributed by atoms with Crippen molar-refractivity contribution in [2.45, 2.75) is 6.92 Å². The molecule has 1 aromatic heterocycles. The third kappa shape index (κ3) is 10.4. The maximum absolute atomic E-state index is 8.36. The quantitative estimate of drug-likeness (QED) is 0.413. The van der Waals surface area contributed by atoms with Crippen LogP contribution in [0.3, 0.4) is 0 Å². The van der Waals surface area contributed by atoms with Gasteiger partial charge in [0.25, 0.3) is 6.47 Å². The number of hydrogen-bond donors (Lipinski definition) is 5. The van der Waals surface area contributed by atoms with Gasteiger partial charge in [0, 0.05) is 18.8 Å². The lowest BCUT2D eigenvalue weighted by molar-refractivity contribution is -0.122. The number of aryl methyl sites for hydroxylation is 1. The van der Waals surface area contributed by atoms with Gasteiger partial charge in [0.05, 0.1) is 5.69 Å². The number of nitrogens with two attached hydrogens (primary N) is 3. The molecule has 2 aromatic rings. The van der Waals surface area contributed by atoms with E-state index in [9.17, 15) is 0 Å². The Morgan fingerprint density at radius 2 is 1.72 bits per heavy atom. The third-order valence-corrected chi connectivity index (χ3v) is 3.01. The average Bonchev–Trinajstić information content (AvgIpc) is 2.55. The van der Waals surface area contributed by atoms with E-state index in [-0.39, 0.29) is 6.47 Å². The van der Waals surface area contributed by atoms with Gasteiger partial charge in [-0.2, -0.15) is 0 Å². The molecule has 0 aliphatic heterocycles. The summed E-state index contributed by atoms with van der Waals surface area (Å²) in [5, 5.41) is 10.0. The smallest absolute Gasteiger partial charge is 0.290 e. The standard InChI is InChI=1S/C9H17N5.C7H9N.CH2O2/c1-14(2)6-5-12-8-4-3-7(10)9(11)13-8;1-6-4-2-3-5-7(6)8;2-1-3/h3-4H,5-6,10H2,1-2H3,(H3,11,12,13);2-5H,8H2,1H3;1H,(H,2,3). The van der Waals surface area contributed by atoms with E-state index < -0.39 is 0 Å². The van der Waals surface area contributed by atoms with Crippen LogP contribution in [-0.2, 0) is 4.79 Å². The Balaban J connectivity index is 0.000000440. The van der Waals surface area contributed by atoms with E-state index in [1.807, 2.05) is 51.4 Å². The van der Waals surface area contributed by atoms with E-state index in [4.69, 9.17) is 27.1 Å². The van der Waals surface area contributed by atoms with E-state index in [1.54, 1.807) is 6.07 Å². The Labute approximate surface area is 148 Å². The number of carbonyl (C=O) groups is 1. The molecule has 0 aliphatic carbocycles. The minimum atomic E-state index is -0.250. The Hall–Kier alpha value is -3.00. The summed E-state index contributed by atoms with van der Waals surface area (Å²) in [5.41, 5.74) is 19.2. The van der Waals surface area contributed by atoms with Crippen LogP contribution in [0.25, 0.3) is 0 Å². The number of para-hydroxylation sites is 1. The van der Waals surface area contributed by atoms with E-state index in [0.717, 1.165) is 30.2 Å². The second-order valence-electron chi connectivity index (χ2n) is 5.36. The van der Waals surface area contributed by atoms with Gasteiger partial charge in [-0.15, -0.1) is 0 Å². The zero-order valence-corrected chi connectivity index (χ0v) is 14.9. The second kappa shape index (κ2) is 12.4. The lowest BCUT2D eigenvalue weighted by Gasteiger charge is -2.11. The predicted molar refractivity (Wildman–Crippen MR) is 104 cm³/mol. The monoisotopic (exact) mass is 348 g/mol. The topological polar surface area (TPSA) is 144 Å². The van der Waals surface area contributed by atoms with Crippen LogP contribution in [0.1, 0.15) is 5.56 Å². The first-order valence-electron chi connectivity index (χ1n) is 7.61. The second-order valence-corrected chi connectivity index (χ2v) is 5.36. The molecule has 25 heavy (non-hydrogen) atoms. The number of nitrogens with zero attached hydrogens (tertiary/aromatic N) is 2. The van der Waals surface area contributed by atoms with Gasteiger partial charge in [-0.3, -0.25) is 4.79 Å². The molecule has 2 rings (SSSR count). The number of anilines is 4. The highest BCUT2D eigenvalue weighted by Crippen LogP contribution is 2.14. The van der Waals surface area contributed by atoms with Crippen molar-refractivity contribution in [1.82, 2.24) is 9.88 Å². The first kappa shape index (κ1) is 22.0. The molecular formula is C17H28N6O2. The molecule has 0 saturated heterocycles. The van der Waals surface area contributed by atoms with Crippen molar-refractivity contribution in [3.8, 4) is 0 Å². The van der Waals surface area contributed by atoms with Crippen molar-refractivity contribution in [2.24, 2.45) is 0 Å². The van der Waals surface area contributed by atoms with Gasteiger partial charge in [-0.05, 0) is 44.8 Å². The summed E-state index contributed by atoms with van der Waals surface area (Å²) in [6.07, 6.45) is 0. The maximum atomic E-state index is 8.36. The van der Waals surface area contributed by atoms with Crippen molar-refractivity contribution >= 4 is 29.5 Å². The summed E-state index contributed by atoms with van der Waals surface area (Å²) < 4.78 is 0. The van der Waals surface area contributed by atoms with Crippen LogP contribution < -0.4 is 22.5 Å². The third-order valence-electron chi connectivity index (χ3n) is 3.01. The van der Waals surface area contributed by atoms with E-state index in [1.165, 1.54) is 0 Å². The van der Waals surface area contributed by atoms with Gasteiger partial charge in [0.15, 0.2) is 0 Å². The molecule has 138 valence electrons. The Morgan fingerprint density at radius 1 is 1.12 bits per heavy atom. The predicted octanol–water partition coefficient (Wildman–Crippen LogP) is 1.50. The lowest BCUT2D eigenvalue weighted by Crippen LogP contribution is -2.21. The first-order valence-corrected chi connectivity index (χ1v) is 7.61. The molecule has 0 amide bonds. The number of carboxylic acid groups (broad SMARTS) is 1. The van der Waals surface area contributed by atoms with Gasteiger partial charge < -0.3 is 32.5 Å². The number of rotatable bonds is 4. The van der Waals surface area contributed by atoms with Crippen molar-refractivity contribution in [1.29, 1.82) is 0 Å². The molecule has 0 unspecified atom stereocenters. The minimum absolute atomic E-state index is 0.250. The Morgan fingerprint density at radius 3 is 2.16 bits per heavy atom. The fourth-order valence-electron chi connectivity index (χ4n) is 1.58. The molecule has 8 heteroatoms. The molecule has 0 radical (unpaired) electrons. The SMILES string of the molecule is CN(C)CCNc1ccc(N)c(N)n1.Cc1ccccc1N.O=CO. The number of nitrogen functional groups attached to an aromatic ring is 3. The normalized spacial score (nSPS) is 9.28. The molecule has 0 atom stereocenters. The highest BCUT2D eigenvalue weighted by Gasteiger charge is 1.98. The molecule has 1 heterocycles. The van der Waals surface area contributed by atoms with Crippen LogP contribution in [0.5, 0.6) is 0 Å². The van der Waals surface area contributed by atoms with Crippen molar-refractivity contribution in [3.05, 3.63) is 42.0 Å². The van der Waals surface area contributed by atoms with Crippen LogP contribution in [-0.4, -0.2) is 48.6 Å². The summed E-state index contributed by atoms with van der Waals surface area (Å²) in [6, 6.07) is 11.4. The van der Waals surface area contributed by atoms with Crippen LogP contribution in [0.4, 0.5) is 23.0 Å². The molecule has 8 N–H and O–H groups in total. The van der Waals surface area contributed by atoms with Gasteiger partial charge >= 0.3 is 0 Å². The highest BCUT2D eigenvalue weighted by molar-refractivity contribution is 5.61. The summed E-state index contributed by atoms with van der Waals surface area (Å²) in [7, 11) is 4.04. The summed E-state index contributed by atoms with van der Waals surface area (Å²) in [5.74, 6) is 1.14. The Kier molecular flexibility index (Phi) is 10.9. The van der Waals surface area contributed by atoms with Gasteiger partial charge in [-0.25, -0.2) is 4.98 Å². The fourth-order valence-corrected chi connectivity index (χ4v) is 1.58. The zero-order valence-electron chi connectivity index (χ0n) is 14.9.